The van der Waals surface area contributed by atoms with Crippen LogP contribution in [0.15, 0.2) is 42.5 Å². The fourth-order valence-electron chi connectivity index (χ4n) is 3.73. The van der Waals surface area contributed by atoms with Crippen molar-refractivity contribution in [1.29, 1.82) is 0 Å². The maximum absolute atomic E-state index is 2.43. The van der Waals surface area contributed by atoms with Crippen molar-refractivity contribution >= 4 is 21.6 Å². The number of fused-ring (bicyclic) bond motifs is 1. The van der Waals surface area contributed by atoms with Crippen molar-refractivity contribution in [3.05, 3.63) is 53.6 Å². The summed E-state index contributed by atoms with van der Waals surface area (Å²) in [6.45, 7) is 2.20. The third-order valence-electron chi connectivity index (χ3n) is 5.06. The van der Waals surface area contributed by atoms with E-state index in [-0.39, 0.29) is 0 Å². The first-order valence-corrected chi connectivity index (χ1v) is 9.04. The monoisotopic (exact) mass is 308 g/mol. The first-order chi connectivity index (χ1) is 10.7. The second-order valence-electron chi connectivity index (χ2n) is 6.49. The first kappa shape index (κ1) is 14.0. The largest absolute Gasteiger partial charge is 0.270 e. The van der Waals surface area contributed by atoms with E-state index in [4.69, 9.17) is 0 Å². The van der Waals surface area contributed by atoms with Gasteiger partial charge in [0.1, 0.15) is 11.7 Å². The lowest BCUT2D eigenvalue weighted by molar-refractivity contribution is -0.629. The molecule has 1 heterocycles. The molecule has 112 valence electrons. The second-order valence-corrected chi connectivity index (χ2v) is 7.52. The average molecular weight is 308 g/mol. The zero-order valence-electron chi connectivity index (χ0n) is 13.3. The minimum absolute atomic E-state index is 0.784. The topological polar surface area (TPSA) is 3.88 Å². The smallest absolute Gasteiger partial charge is 0.184 e. The van der Waals surface area contributed by atoms with Crippen LogP contribution in [-0.2, 0) is 7.05 Å². The van der Waals surface area contributed by atoms with E-state index in [1.165, 1.54) is 57.6 Å². The van der Waals surface area contributed by atoms with Crippen LogP contribution in [0.5, 0.6) is 0 Å². The number of thiazole rings is 1. The molecule has 0 N–H and O–H groups in total. The van der Waals surface area contributed by atoms with Gasteiger partial charge in [0.2, 0.25) is 5.52 Å². The molecule has 0 aliphatic heterocycles. The van der Waals surface area contributed by atoms with Crippen LogP contribution in [-0.4, -0.2) is 0 Å². The van der Waals surface area contributed by atoms with Crippen molar-refractivity contribution in [3.8, 4) is 10.6 Å². The standard InChI is InChI=1S/C20H22NS/c1-14-7-3-6-10-17(14)20-21(2)18-13-16(11-12-19(18)22-20)15-8-4-5-9-15/h3,6-7,10-13,15H,4-5,8-9H2,1-2H3/q+1. The molecule has 2 heteroatoms. The Bertz CT molecular complexity index is 825. The van der Waals surface area contributed by atoms with E-state index in [9.17, 15) is 0 Å². The molecule has 22 heavy (non-hydrogen) atoms. The molecule has 3 aromatic rings. The van der Waals surface area contributed by atoms with Crippen LogP contribution in [0.1, 0.15) is 42.7 Å². The van der Waals surface area contributed by atoms with Crippen LogP contribution >= 0.6 is 11.3 Å². The van der Waals surface area contributed by atoms with Gasteiger partial charge < -0.3 is 0 Å². The number of benzene rings is 2. The number of hydrogen-bond donors (Lipinski definition) is 0. The van der Waals surface area contributed by atoms with Crippen LogP contribution < -0.4 is 4.57 Å². The average Bonchev–Trinajstić information content (AvgIpc) is 3.16. The third-order valence-corrected chi connectivity index (χ3v) is 6.31. The molecule has 0 radical (unpaired) electrons. The first-order valence-electron chi connectivity index (χ1n) is 8.22. The Morgan fingerprint density at radius 2 is 1.82 bits per heavy atom. The predicted octanol–water partition coefficient (Wildman–Crippen LogP) is 5.36. The van der Waals surface area contributed by atoms with Gasteiger partial charge in [0.05, 0.1) is 5.56 Å². The van der Waals surface area contributed by atoms with E-state index in [2.05, 4.69) is 61.0 Å². The van der Waals surface area contributed by atoms with Crippen molar-refractivity contribution < 1.29 is 4.57 Å². The Morgan fingerprint density at radius 3 is 2.59 bits per heavy atom. The lowest BCUT2D eigenvalue weighted by Crippen LogP contribution is -2.28. The molecule has 1 nitrogen and oxygen atoms in total. The number of aryl methyl sites for hydroxylation is 2. The Morgan fingerprint density at radius 1 is 1.05 bits per heavy atom. The summed E-state index contributed by atoms with van der Waals surface area (Å²) in [6.07, 6.45) is 5.52. The minimum atomic E-state index is 0.784. The van der Waals surface area contributed by atoms with E-state index in [0.717, 1.165) is 5.92 Å². The van der Waals surface area contributed by atoms with Crippen molar-refractivity contribution in [3.63, 3.8) is 0 Å². The highest BCUT2D eigenvalue weighted by Gasteiger charge is 2.23. The predicted molar refractivity (Wildman–Crippen MR) is 94.4 cm³/mol. The molecular weight excluding hydrogens is 286 g/mol. The third kappa shape index (κ3) is 2.26. The Kier molecular flexibility index (Phi) is 3.50. The van der Waals surface area contributed by atoms with Gasteiger partial charge in [-0.3, -0.25) is 0 Å². The highest BCUT2D eigenvalue weighted by molar-refractivity contribution is 7.21. The maximum Gasteiger partial charge on any atom is 0.270 e. The van der Waals surface area contributed by atoms with Gasteiger partial charge in [-0.05, 0) is 48.9 Å². The minimum Gasteiger partial charge on any atom is -0.184 e. The van der Waals surface area contributed by atoms with Crippen molar-refractivity contribution in [2.75, 3.05) is 0 Å². The van der Waals surface area contributed by atoms with Gasteiger partial charge >= 0.3 is 0 Å². The molecule has 1 aliphatic rings. The van der Waals surface area contributed by atoms with E-state index in [1.54, 1.807) is 0 Å². The Hall–Kier alpha value is -1.67. The van der Waals surface area contributed by atoms with Crippen LogP contribution in [0.25, 0.3) is 20.8 Å². The molecule has 2 aromatic carbocycles. The quantitative estimate of drug-likeness (QED) is 0.561. The zero-order valence-corrected chi connectivity index (χ0v) is 14.1. The van der Waals surface area contributed by atoms with E-state index < -0.39 is 0 Å². The zero-order chi connectivity index (χ0) is 15.1. The van der Waals surface area contributed by atoms with Gasteiger partial charge in [0.15, 0.2) is 0 Å². The van der Waals surface area contributed by atoms with Gasteiger partial charge in [-0.1, -0.05) is 48.4 Å². The fourth-order valence-corrected chi connectivity index (χ4v) is 4.95. The molecule has 0 unspecified atom stereocenters. The fraction of sp³-hybridized carbons (Fsp3) is 0.350. The summed E-state index contributed by atoms with van der Waals surface area (Å²) in [4.78, 5) is 0. The van der Waals surface area contributed by atoms with Gasteiger partial charge in [-0.2, -0.15) is 4.57 Å². The second kappa shape index (κ2) is 5.51. The molecule has 1 fully saturated rings. The van der Waals surface area contributed by atoms with E-state index in [0.29, 0.717) is 0 Å². The van der Waals surface area contributed by atoms with Gasteiger partial charge in [-0.25, -0.2) is 0 Å². The normalized spacial score (nSPS) is 15.7. The summed E-state index contributed by atoms with van der Waals surface area (Å²) in [7, 11) is 2.21. The van der Waals surface area contributed by atoms with Gasteiger partial charge in [-0.15, -0.1) is 0 Å². The summed E-state index contributed by atoms with van der Waals surface area (Å²) in [5.41, 5.74) is 5.62. The molecule has 0 bridgehead atoms. The maximum atomic E-state index is 2.43. The van der Waals surface area contributed by atoms with Crippen molar-refractivity contribution in [2.24, 2.45) is 7.05 Å². The van der Waals surface area contributed by atoms with E-state index in [1.807, 2.05) is 11.3 Å². The molecule has 0 spiro atoms. The molecule has 4 rings (SSSR count). The van der Waals surface area contributed by atoms with E-state index >= 15 is 0 Å². The van der Waals surface area contributed by atoms with Crippen LogP contribution in [0.3, 0.4) is 0 Å². The Balaban J connectivity index is 1.85. The molecule has 1 saturated carbocycles. The molecule has 1 aromatic heterocycles. The highest BCUT2D eigenvalue weighted by atomic mass is 32.1. The van der Waals surface area contributed by atoms with Gasteiger partial charge in [0, 0.05) is 6.07 Å². The molecule has 1 aliphatic carbocycles. The summed E-state index contributed by atoms with van der Waals surface area (Å²) in [6, 6.07) is 15.8. The molecule has 0 saturated heterocycles. The lowest BCUT2D eigenvalue weighted by atomic mass is 9.97. The van der Waals surface area contributed by atoms with Crippen molar-refractivity contribution in [1.82, 2.24) is 0 Å². The van der Waals surface area contributed by atoms with Gasteiger partial charge in [0.25, 0.3) is 5.01 Å². The van der Waals surface area contributed by atoms with Crippen LogP contribution in [0.2, 0.25) is 0 Å². The number of aromatic nitrogens is 1. The molecular formula is C20H22NS+. The molecule has 0 atom stereocenters. The van der Waals surface area contributed by atoms with Crippen LogP contribution in [0, 0.1) is 6.92 Å². The SMILES string of the molecule is Cc1ccccc1-c1sc2ccc(C3CCCC3)cc2[n+]1C. The number of hydrogen-bond acceptors (Lipinski definition) is 1. The number of nitrogens with zero attached hydrogens (tertiary/aromatic N) is 1. The molecule has 0 amide bonds. The van der Waals surface area contributed by atoms with Crippen molar-refractivity contribution in [2.45, 2.75) is 38.5 Å². The van der Waals surface area contributed by atoms with Crippen LogP contribution in [0.4, 0.5) is 0 Å². The summed E-state index contributed by atoms with van der Waals surface area (Å²) < 4.78 is 3.77. The summed E-state index contributed by atoms with van der Waals surface area (Å²) in [5.74, 6) is 0.784. The lowest BCUT2D eigenvalue weighted by Gasteiger charge is -2.07. The Labute approximate surface area is 136 Å². The highest BCUT2D eigenvalue weighted by Crippen LogP contribution is 2.37. The summed E-state index contributed by atoms with van der Waals surface area (Å²) in [5, 5.41) is 1.36. The number of rotatable bonds is 2. The summed E-state index contributed by atoms with van der Waals surface area (Å²) >= 11 is 1.91.